The Morgan fingerprint density at radius 2 is 2.14 bits per heavy atom. The van der Waals surface area contributed by atoms with Crippen molar-refractivity contribution in [3.8, 4) is 5.75 Å². The van der Waals surface area contributed by atoms with Gasteiger partial charge >= 0.3 is 0 Å². The Labute approximate surface area is 97.8 Å². The first-order valence-electron chi connectivity index (χ1n) is 4.50. The van der Waals surface area contributed by atoms with Crippen molar-refractivity contribution in [3.05, 3.63) is 26.8 Å². The molecule has 76 valence electrons. The average Bonchev–Trinajstić information content (AvgIpc) is 2.09. The quantitative estimate of drug-likeness (QED) is 0.633. The summed E-state index contributed by atoms with van der Waals surface area (Å²) >= 11 is 2.21. The van der Waals surface area contributed by atoms with E-state index in [-0.39, 0.29) is 5.78 Å². The van der Waals surface area contributed by atoms with E-state index in [1.165, 1.54) is 0 Å². The first-order chi connectivity index (χ1) is 6.56. The smallest absolute Gasteiger partial charge is 0.160 e. The number of Topliss-reactive ketones (excluding diaryl/α,β-unsaturated/α-hetero) is 1. The number of ketones is 1. The van der Waals surface area contributed by atoms with Crippen molar-refractivity contribution in [1.82, 2.24) is 0 Å². The maximum atomic E-state index is 11.3. The third-order valence-electron chi connectivity index (χ3n) is 1.96. The van der Waals surface area contributed by atoms with Crippen LogP contribution in [-0.4, -0.2) is 12.4 Å². The standard InChI is InChI=1S/C11H13IO2/c1-4-14-11-6-9(8(3)13)7(2)5-10(11)12/h5-6H,4H2,1-3H3. The van der Waals surface area contributed by atoms with Crippen molar-refractivity contribution in [1.29, 1.82) is 0 Å². The summed E-state index contributed by atoms with van der Waals surface area (Å²) in [6.45, 7) is 6.07. The molecule has 0 fully saturated rings. The van der Waals surface area contributed by atoms with E-state index in [1.807, 2.05) is 26.0 Å². The largest absolute Gasteiger partial charge is 0.493 e. The van der Waals surface area contributed by atoms with Crippen LogP contribution in [0.2, 0.25) is 0 Å². The Kier molecular flexibility index (Phi) is 3.92. The van der Waals surface area contributed by atoms with Crippen LogP contribution in [0.5, 0.6) is 5.75 Å². The second-order valence-corrected chi connectivity index (χ2v) is 4.25. The van der Waals surface area contributed by atoms with E-state index in [9.17, 15) is 4.79 Å². The number of aryl methyl sites for hydroxylation is 1. The average molecular weight is 304 g/mol. The maximum absolute atomic E-state index is 11.3. The highest BCUT2D eigenvalue weighted by molar-refractivity contribution is 14.1. The Balaban J connectivity index is 3.20. The number of rotatable bonds is 3. The highest BCUT2D eigenvalue weighted by Crippen LogP contribution is 2.25. The van der Waals surface area contributed by atoms with Crippen LogP contribution in [0.1, 0.15) is 29.8 Å². The summed E-state index contributed by atoms with van der Waals surface area (Å²) in [7, 11) is 0. The Bertz CT molecular complexity index is 359. The molecule has 0 aliphatic carbocycles. The van der Waals surface area contributed by atoms with Crippen LogP contribution in [0.4, 0.5) is 0 Å². The molecule has 1 aromatic rings. The molecule has 0 aliphatic rings. The van der Waals surface area contributed by atoms with Crippen molar-refractivity contribution in [2.45, 2.75) is 20.8 Å². The molecule has 1 aromatic carbocycles. The van der Waals surface area contributed by atoms with Gasteiger partial charge in [0.1, 0.15) is 5.75 Å². The van der Waals surface area contributed by atoms with Gasteiger partial charge in [0, 0.05) is 5.56 Å². The molecule has 3 heteroatoms. The number of ether oxygens (including phenoxy) is 1. The summed E-state index contributed by atoms with van der Waals surface area (Å²) < 4.78 is 6.47. The van der Waals surface area contributed by atoms with Gasteiger partial charge in [-0.05, 0) is 61.1 Å². The molecule has 0 saturated heterocycles. The van der Waals surface area contributed by atoms with E-state index in [0.717, 1.165) is 20.4 Å². The van der Waals surface area contributed by atoms with E-state index >= 15 is 0 Å². The lowest BCUT2D eigenvalue weighted by Gasteiger charge is -2.09. The molecule has 0 N–H and O–H groups in total. The summed E-state index contributed by atoms with van der Waals surface area (Å²) in [6.07, 6.45) is 0. The van der Waals surface area contributed by atoms with E-state index in [4.69, 9.17) is 4.74 Å². The molecule has 0 saturated carbocycles. The summed E-state index contributed by atoms with van der Waals surface area (Å²) in [6, 6.07) is 3.80. The molecule has 0 amide bonds. The zero-order valence-corrected chi connectivity index (χ0v) is 10.7. The number of halogens is 1. The van der Waals surface area contributed by atoms with E-state index < -0.39 is 0 Å². The second-order valence-electron chi connectivity index (χ2n) is 3.09. The normalized spacial score (nSPS) is 10.0. The Hall–Kier alpha value is -0.580. The van der Waals surface area contributed by atoms with Gasteiger partial charge in [0.05, 0.1) is 10.2 Å². The van der Waals surface area contributed by atoms with Gasteiger partial charge in [-0.1, -0.05) is 0 Å². The molecule has 0 unspecified atom stereocenters. The second kappa shape index (κ2) is 4.77. The number of hydrogen-bond donors (Lipinski definition) is 0. The minimum absolute atomic E-state index is 0.0832. The number of hydrogen-bond acceptors (Lipinski definition) is 2. The minimum Gasteiger partial charge on any atom is -0.493 e. The van der Waals surface area contributed by atoms with Crippen molar-refractivity contribution in [3.63, 3.8) is 0 Å². The van der Waals surface area contributed by atoms with Crippen LogP contribution in [0.3, 0.4) is 0 Å². The molecule has 0 heterocycles. The predicted molar refractivity (Wildman–Crippen MR) is 65.1 cm³/mol. The predicted octanol–water partition coefficient (Wildman–Crippen LogP) is 3.20. The SMILES string of the molecule is CCOc1cc(C(C)=O)c(C)cc1I. The Morgan fingerprint density at radius 3 is 2.64 bits per heavy atom. The minimum atomic E-state index is 0.0832. The third kappa shape index (κ3) is 2.47. The molecular formula is C11H13IO2. The molecule has 0 aliphatic heterocycles. The van der Waals surface area contributed by atoms with E-state index in [1.54, 1.807) is 6.92 Å². The molecule has 0 radical (unpaired) electrons. The van der Waals surface area contributed by atoms with Crippen molar-refractivity contribution in [2.75, 3.05) is 6.61 Å². The van der Waals surface area contributed by atoms with Gasteiger partial charge in [-0.25, -0.2) is 0 Å². The molecule has 2 nitrogen and oxygen atoms in total. The van der Waals surface area contributed by atoms with Gasteiger partial charge in [-0.2, -0.15) is 0 Å². The Morgan fingerprint density at radius 1 is 1.50 bits per heavy atom. The first-order valence-corrected chi connectivity index (χ1v) is 5.58. The van der Waals surface area contributed by atoms with Crippen LogP contribution in [0.15, 0.2) is 12.1 Å². The molecule has 1 rings (SSSR count). The first kappa shape index (κ1) is 11.5. The lowest BCUT2D eigenvalue weighted by molar-refractivity contribution is 0.101. The number of benzene rings is 1. The van der Waals surface area contributed by atoms with Gasteiger partial charge in [0.25, 0.3) is 0 Å². The van der Waals surface area contributed by atoms with Crippen molar-refractivity contribution >= 4 is 28.4 Å². The number of carbonyl (C=O) groups excluding carboxylic acids is 1. The maximum Gasteiger partial charge on any atom is 0.160 e. The lowest BCUT2D eigenvalue weighted by atomic mass is 10.1. The van der Waals surface area contributed by atoms with Crippen LogP contribution < -0.4 is 4.74 Å². The van der Waals surface area contributed by atoms with Crippen molar-refractivity contribution < 1.29 is 9.53 Å². The zero-order valence-electron chi connectivity index (χ0n) is 8.56. The monoisotopic (exact) mass is 304 g/mol. The fraction of sp³-hybridized carbons (Fsp3) is 0.364. The zero-order chi connectivity index (χ0) is 10.7. The summed E-state index contributed by atoms with van der Waals surface area (Å²) in [5, 5.41) is 0. The molecular weight excluding hydrogens is 291 g/mol. The van der Waals surface area contributed by atoms with E-state index in [2.05, 4.69) is 22.6 Å². The highest BCUT2D eigenvalue weighted by atomic mass is 127. The number of carbonyl (C=O) groups is 1. The lowest BCUT2D eigenvalue weighted by Crippen LogP contribution is -2.01. The van der Waals surface area contributed by atoms with Gasteiger partial charge < -0.3 is 4.74 Å². The van der Waals surface area contributed by atoms with Crippen LogP contribution in [-0.2, 0) is 0 Å². The highest BCUT2D eigenvalue weighted by Gasteiger charge is 2.09. The van der Waals surface area contributed by atoms with Gasteiger partial charge in [-0.3, -0.25) is 4.79 Å². The molecule has 0 atom stereocenters. The molecule has 0 bridgehead atoms. The van der Waals surface area contributed by atoms with Crippen LogP contribution in [0.25, 0.3) is 0 Å². The van der Waals surface area contributed by atoms with E-state index in [0.29, 0.717) is 6.61 Å². The summed E-state index contributed by atoms with van der Waals surface area (Å²) in [4.78, 5) is 11.3. The van der Waals surface area contributed by atoms with Crippen LogP contribution >= 0.6 is 22.6 Å². The topological polar surface area (TPSA) is 26.3 Å². The summed E-state index contributed by atoms with van der Waals surface area (Å²) in [5.74, 6) is 0.878. The van der Waals surface area contributed by atoms with Gasteiger partial charge in [0.15, 0.2) is 5.78 Å². The van der Waals surface area contributed by atoms with Crippen molar-refractivity contribution in [2.24, 2.45) is 0 Å². The molecule has 0 aromatic heterocycles. The van der Waals surface area contributed by atoms with Crippen LogP contribution in [0, 0.1) is 10.5 Å². The molecule has 14 heavy (non-hydrogen) atoms. The fourth-order valence-electron chi connectivity index (χ4n) is 1.30. The third-order valence-corrected chi connectivity index (χ3v) is 2.80. The van der Waals surface area contributed by atoms with Gasteiger partial charge in [-0.15, -0.1) is 0 Å². The van der Waals surface area contributed by atoms with Gasteiger partial charge in [0.2, 0.25) is 0 Å². The fourth-order valence-corrected chi connectivity index (χ4v) is 2.08. The summed E-state index contributed by atoms with van der Waals surface area (Å²) in [5.41, 5.74) is 1.75. The molecule has 0 spiro atoms.